The Morgan fingerprint density at radius 1 is 0.235 bits per heavy atom. The van der Waals surface area contributed by atoms with Crippen LogP contribution in [0.5, 0.6) is 0 Å². The topological polar surface area (TPSA) is 78.9 Å². The molecular formula is C62H120O6. The molecule has 0 unspecified atom stereocenters. The van der Waals surface area contributed by atoms with E-state index in [9.17, 15) is 14.4 Å². The molecule has 0 heterocycles. The van der Waals surface area contributed by atoms with Gasteiger partial charge in [0, 0.05) is 19.3 Å². The van der Waals surface area contributed by atoms with E-state index in [2.05, 4.69) is 20.8 Å². The first-order valence-electron chi connectivity index (χ1n) is 31.0. The maximum Gasteiger partial charge on any atom is 0.306 e. The Balaban J connectivity index is 4.24. The zero-order chi connectivity index (χ0) is 49.3. The number of carbonyl (C=O) groups is 3. The standard InChI is InChI=1S/C62H120O6/c1-4-7-10-13-16-19-22-25-27-29-31-33-35-37-40-43-46-49-52-55-61(64)67-58-59(57-66-60(63)54-51-48-45-42-39-24-21-18-15-12-9-6-3)68-62(65)56-53-50-47-44-41-38-36-34-32-30-28-26-23-20-17-14-11-8-5-2/h59H,4-58H2,1-3H3/t59-/m1/s1. The van der Waals surface area contributed by atoms with E-state index in [1.54, 1.807) is 0 Å². The Kier molecular flexibility index (Phi) is 56.6. The third-order valence-corrected chi connectivity index (χ3v) is 14.4. The van der Waals surface area contributed by atoms with Gasteiger partial charge in [-0.05, 0) is 19.3 Å². The van der Waals surface area contributed by atoms with Crippen LogP contribution in [0.15, 0.2) is 0 Å². The Hall–Kier alpha value is -1.59. The SMILES string of the molecule is CCCCCCCCCCCCCCCCCCCCCC(=O)OC[C@@H](COC(=O)CCCCCCCCCCCCCC)OC(=O)CCCCCCCCCCCCCCCCCCCCC. The lowest BCUT2D eigenvalue weighted by Gasteiger charge is -2.18. The minimum Gasteiger partial charge on any atom is -0.462 e. The quantitative estimate of drug-likeness (QED) is 0.0343. The van der Waals surface area contributed by atoms with Gasteiger partial charge in [0.2, 0.25) is 0 Å². The summed E-state index contributed by atoms with van der Waals surface area (Å²) in [5.41, 5.74) is 0. The zero-order valence-electron chi connectivity index (χ0n) is 46.4. The molecule has 0 saturated heterocycles. The lowest BCUT2D eigenvalue weighted by Crippen LogP contribution is -2.30. The van der Waals surface area contributed by atoms with Gasteiger partial charge < -0.3 is 14.2 Å². The number of unbranched alkanes of at least 4 members (excludes halogenated alkanes) is 47. The molecule has 0 aromatic carbocycles. The van der Waals surface area contributed by atoms with E-state index >= 15 is 0 Å². The molecule has 0 rings (SSSR count). The second-order valence-corrected chi connectivity index (χ2v) is 21.3. The summed E-state index contributed by atoms with van der Waals surface area (Å²) in [7, 11) is 0. The maximum absolute atomic E-state index is 12.9. The second-order valence-electron chi connectivity index (χ2n) is 21.3. The summed E-state index contributed by atoms with van der Waals surface area (Å²) in [4.78, 5) is 38.2. The summed E-state index contributed by atoms with van der Waals surface area (Å²) < 4.78 is 16.9. The molecule has 0 bridgehead atoms. The predicted octanol–water partition coefficient (Wildman–Crippen LogP) is 20.7. The van der Waals surface area contributed by atoms with Gasteiger partial charge in [-0.15, -0.1) is 0 Å². The molecule has 0 spiro atoms. The molecule has 0 aliphatic carbocycles. The van der Waals surface area contributed by atoms with Crippen LogP contribution in [0.1, 0.15) is 361 Å². The molecule has 6 heteroatoms. The molecule has 0 aromatic rings. The van der Waals surface area contributed by atoms with Crippen LogP contribution >= 0.6 is 0 Å². The van der Waals surface area contributed by atoms with Crippen molar-refractivity contribution >= 4 is 17.9 Å². The van der Waals surface area contributed by atoms with Gasteiger partial charge in [-0.1, -0.05) is 323 Å². The number of rotatable bonds is 58. The first-order valence-corrected chi connectivity index (χ1v) is 31.0. The van der Waals surface area contributed by atoms with Gasteiger partial charge in [-0.3, -0.25) is 14.4 Å². The third-order valence-electron chi connectivity index (χ3n) is 14.4. The summed E-state index contributed by atoms with van der Waals surface area (Å²) in [6, 6.07) is 0. The van der Waals surface area contributed by atoms with Gasteiger partial charge in [0.05, 0.1) is 0 Å². The van der Waals surface area contributed by atoms with Gasteiger partial charge in [-0.25, -0.2) is 0 Å². The first-order chi connectivity index (χ1) is 33.5. The van der Waals surface area contributed by atoms with Crippen LogP contribution in [0.25, 0.3) is 0 Å². The maximum atomic E-state index is 12.9. The molecule has 1 atom stereocenters. The fourth-order valence-electron chi connectivity index (χ4n) is 9.68. The highest BCUT2D eigenvalue weighted by molar-refractivity contribution is 5.71. The summed E-state index contributed by atoms with van der Waals surface area (Å²) in [5.74, 6) is -0.828. The average Bonchev–Trinajstić information content (AvgIpc) is 3.34. The normalized spacial score (nSPS) is 11.9. The van der Waals surface area contributed by atoms with Gasteiger partial charge in [0.1, 0.15) is 13.2 Å². The van der Waals surface area contributed by atoms with Gasteiger partial charge >= 0.3 is 17.9 Å². The van der Waals surface area contributed by atoms with E-state index in [4.69, 9.17) is 14.2 Å². The summed E-state index contributed by atoms with van der Waals surface area (Å²) in [6.45, 7) is 6.72. The Morgan fingerprint density at radius 2 is 0.397 bits per heavy atom. The monoisotopic (exact) mass is 961 g/mol. The van der Waals surface area contributed by atoms with Crippen LogP contribution < -0.4 is 0 Å². The van der Waals surface area contributed by atoms with Gasteiger partial charge in [-0.2, -0.15) is 0 Å². The number of ether oxygens (including phenoxy) is 3. The number of hydrogen-bond acceptors (Lipinski definition) is 6. The van der Waals surface area contributed by atoms with Crippen molar-refractivity contribution in [2.75, 3.05) is 13.2 Å². The molecule has 404 valence electrons. The summed E-state index contributed by atoms with van der Waals surface area (Å²) >= 11 is 0. The molecule has 0 saturated carbocycles. The van der Waals surface area contributed by atoms with E-state index < -0.39 is 6.10 Å². The molecule has 0 aliphatic rings. The van der Waals surface area contributed by atoms with Crippen molar-refractivity contribution in [1.82, 2.24) is 0 Å². The average molecular weight is 962 g/mol. The van der Waals surface area contributed by atoms with E-state index in [1.165, 1.54) is 263 Å². The molecule has 0 radical (unpaired) electrons. The van der Waals surface area contributed by atoms with Crippen molar-refractivity contribution in [2.45, 2.75) is 367 Å². The first kappa shape index (κ1) is 66.4. The van der Waals surface area contributed by atoms with E-state index in [-0.39, 0.29) is 31.1 Å². The molecule has 68 heavy (non-hydrogen) atoms. The van der Waals surface area contributed by atoms with Crippen molar-refractivity contribution < 1.29 is 28.6 Å². The third kappa shape index (κ3) is 55.3. The van der Waals surface area contributed by atoms with Crippen LogP contribution in [0, 0.1) is 0 Å². The van der Waals surface area contributed by atoms with E-state index in [0.29, 0.717) is 19.3 Å². The number of hydrogen-bond donors (Lipinski definition) is 0. The van der Waals surface area contributed by atoms with Gasteiger partial charge in [0.15, 0.2) is 6.10 Å². The fourth-order valence-corrected chi connectivity index (χ4v) is 9.68. The van der Waals surface area contributed by atoms with Crippen LogP contribution in [-0.2, 0) is 28.6 Å². The van der Waals surface area contributed by atoms with Crippen molar-refractivity contribution in [3.8, 4) is 0 Å². The van der Waals surface area contributed by atoms with Crippen LogP contribution in [-0.4, -0.2) is 37.2 Å². The zero-order valence-corrected chi connectivity index (χ0v) is 46.4. The van der Waals surface area contributed by atoms with Crippen LogP contribution in [0.4, 0.5) is 0 Å². The lowest BCUT2D eigenvalue weighted by atomic mass is 10.0. The highest BCUT2D eigenvalue weighted by Gasteiger charge is 2.19. The summed E-state index contributed by atoms with van der Waals surface area (Å²) in [5, 5.41) is 0. The Morgan fingerprint density at radius 3 is 0.588 bits per heavy atom. The van der Waals surface area contributed by atoms with Crippen molar-refractivity contribution in [1.29, 1.82) is 0 Å². The molecular weight excluding hydrogens is 841 g/mol. The highest BCUT2D eigenvalue weighted by Crippen LogP contribution is 2.18. The Bertz CT molecular complexity index is 1010. The lowest BCUT2D eigenvalue weighted by molar-refractivity contribution is -0.167. The van der Waals surface area contributed by atoms with Crippen molar-refractivity contribution in [3.05, 3.63) is 0 Å². The number of carbonyl (C=O) groups excluding carboxylic acids is 3. The van der Waals surface area contributed by atoms with Crippen LogP contribution in [0.2, 0.25) is 0 Å². The predicted molar refractivity (Wildman–Crippen MR) is 294 cm³/mol. The molecule has 6 nitrogen and oxygen atoms in total. The minimum absolute atomic E-state index is 0.0607. The molecule has 0 aliphatic heterocycles. The highest BCUT2D eigenvalue weighted by atomic mass is 16.6. The van der Waals surface area contributed by atoms with Gasteiger partial charge in [0.25, 0.3) is 0 Å². The molecule has 0 amide bonds. The van der Waals surface area contributed by atoms with Crippen LogP contribution in [0.3, 0.4) is 0 Å². The smallest absolute Gasteiger partial charge is 0.306 e. The van der Waals surface area contributed by atoms with Crippen molar-refractivity contribution in [3.63, 3.8) is 0 Å². The second kappa shape index (κ2) is 58.0. The largest absolute Gasteiger partial charge is 0.462 e. The fraction of sp³-hybridized carbons (Fsp3) is 0.952. The summed E-state index contributed by atoms with van der Waals surface area (Å²) in [6.07, 6.45) is 65.3. The van der Waals surface area contributed by atoms with E-state index in [0.717, 1.165) is 57.8 Å². The molecule has 0 aromatic heterocycles. The minimum atomic E-state index is -0.761. The molecule has 0 N–H and O–H groups in total. The Labute approximate surface area is 425 Å². The molecule has 0 fully saturated rings. The van der Waals surface area contributed by atoms with E-state index in [1.807, 2.05) is 0 Å². The number of esters is 3. The van der Waals surface area contributed by atoms with Crippen molar-refractivity contribution in [2.24, 2.45) is 0 Å².